The van der Waals surface area contributed by atoms with Crippen molar-refractivity contribution < 1.29 is 60.3 Å². The van der Waals surface area contributed by atoms with Crippen molar-refractivity contribution in [2.45, 2.75) is 100.0 Å². The summed E-state index contributed by atoms with van der Waals surface area (Å²) in [5.41, 5.74) is 29.5. The number of rotatable bonds is 16. The van der Waals surface area contributed by atoms with E-state index in [2.05, 4.69) is 314 Å². The third kappa shape index (κ3) is 28.0. The molecule has 17 aromatic rings. The first-order chi connectivity index (χ1) is 58.5. The van der Waals surface area contributed by atoms with Gasteiger partial charge >= 0.3 is 0 Å². The SMILES string of the molecule is CC(C)Cc1cc(-c2[c-]ccc(-c3ccccc3)c2)ncc1-c1ccc([Si](C)(C)C)cc1.Cc1cc(-c2[c-]ccc(-c3ccccc3)c2)ncc1-c1ccc([Si](C)(C)C)cc1.Cc1cc([Si](C)(C)C)cc(C)c1-c1ccc(-c2[c-]cccc2)nc1.[Ir].[Ir].[Ir].[c-]1ccccc1-c1ccccn1.[c-]1ccccc1-c1ccccn1.[c-]1ccccc1-c1ccccn1. The molecule has 0 unspecified atom stereocenters. The van der Waals surface area contributed by atoms with Crippen LogP contribution in [0.2, 0.25) is 58.9 Å². The predicted octanol–water partition coefficient (Wildman–Crippen LogP) is 27.4. The van der Waals surface area contributed by atoms with Crippen LogP contribution in [-0.4, -0.2) is 54.1 Å². The van der Waals surface area contributed by atoms with Crippen LogP contribution in [0, 0.1) is 63.1 Å². The van der Waals surface area contributed by atoms with Crippen LogP contribution in [0.25, 0.3) is 123 Å². The van der Waals surface area contributed by atoms with Gasteiger partial charge < -0.3 is 29.9 Å². The molecule has 0 spiro atoms. The van der Waals surface area contributed by atoms with E-state index in [9.17, 15) is 0 Å². The smallest absolute Gasteiger partial charge is 0.0776 e. The summed E-state index contributed by atoms with van der Waals surface area (Å²) >= 11 is 0. The molecule has 6 aromatic heterocycles. The van der Waals surface area contributed by atoms with Gasteiger partial charge in [0.2, 0.25) is 0 Å². The minimum atomic E-state index is -1.30. The zero-order valence-electron chi connectivity index (χ0n) is 73.2. The Morgan fingerprint density at radius 2 is 0.589 bits per heavy atom. The summed E-state index contributed by atoms with van der Waals surface area (Å²) in [7, 11) is -3.87. The monoisotopic (exact) mass is 2200 g/mol. The van der Waals surface area contributed by atoms with E-state index in [0.29, 0.717) is 5.92 Å². The van der Waals surface area contributed by atoms with E-state index in [1.807, 2.05) is 188 Å². The molecule has 6 nitrogen and oxygen atoms in total. The van der Waals surface area contributed by atoms with Crippen LogP contribution in [0.3, 0.4) is 0 Å². The van der Waals surface area contributed by atoms with Crippen LogP contribution in [0.15, 0.2) is 371 Å². The third-order valence-electron chi connectivity index (χ3n) is 20.6. The van der Waals surface area contributed by atoms with E-state index in [1.165, 1.54) is 93.4 Å². The first-order valence-corrected chi connectivity index (χ1v) is 52.0. The van der Waals surface area contributed by atoms with Crippen LogP contribution >= 0.6 is 0 Å². The van der Waals surface area contributed by atoms with Crippen molar-refractivity contribution in [3.63, 3.8) is 0 Å². The van der Waals surface area contributed by atoms with Crippen molar-refractivity contribution in [3.05, 3.63) is 429 Å². The van der Waals surface area contributed by atoms with E-state index in [1.54, 1.807) is 18.6 Å². The predicted molar refractivity (Wildman–Crippen MR) is 520 cm³/mol. The average Bonchev–Trinajstić information content (AvgIpc) is 0.793. The number of nitrogens with zero attached hydrogens (tertiary/aromatic N) is 6. The molecule has 17 rings (SSSR count). The molecule has 6 heterocycles. The Labute approximate surface area is 781 Å². The van der Waals surface area contributed by atoms with Crippen LogP contribution < -0.4 is 15.6 Å². The second-order valence-corrected chi connectivity index (χ2v) is 48.7. The van der Waals surface area contributed by atoms with Crippen LogP contribution in [0.1, 0.15) is 36.1 Å². The summed E-state index contributed by atoms with van der Waals surface area (Å²) in [6.07, 6.45) is 12.4. The number of aromatic nitrogens is 6. The number of hydrogen-bond donors (Lipinski definition) is 0. The summed E-state index contributed by atoms with van der Waals surface area (Å²) < 4.78 is 0. The minimum Gasteiger partial charge on any atom is -0.305 e. The molecule has 0 amide bonds. The molecule has 0 N–H and O–H groups in total. The maximum Gasteiger partial charge on any atom is 0.0776 e. The molecule has 0 aliphatic carbocycles. The van der Waals surface area contributed by atoms with E-state index in [4.69, 9.17) is 9.97 Å². The van der Waals surface area contributed by atoms with Gasteiger partial charge in [0.25, 0.3) is 0 Å². The molecule has 0 saturated heterocycles. The van der Waals surface area contributed by atoms with Crippen molar-refractivity contribution >= 4 is 39.8 Å². The Balaban J connectivity index is 0.000000175. The molecular weight excluding hydrogens is 2090 g/mol. The standard InChI is InChI=1S/C30H32NSi.C27H26NSi.C22H24NSi.3C11H8N.3Ir/c1-22(2)18-27-20-30(26-13-9-12-25(19-26)23-10-7-6-8-11-23)31-21-29(27)24-14-16-28(17-15-24)32(3,4)5;1-20-17-27(24-12-8-11-23(18-24)21-9-6-5-7-10-21)28-19-26(20)22-13-15-25(16-14-22)29(2,3)4;1-16-13-20(24(3,4)5)14-17(2)22(16)19-11-12-21(23-15-19)18-9-7-6-8-10-18;3*1-2-6-10(7-3-1)11-8-4-5-9-12-11;;;/h6-12,14-17,19-22H,18H2,1-5H3;5-11,13-19H,1-4H3;6-9,11-15H,1-5H3;3*1-6,8-9H;;;/q6*-1;;;. The van der Waals surface area contributed by atoms with Gasteiger partial charge in [-0.2, -0.15) is 0 Å². The minimum absolute atomic E-state index is 0. The Morgan fingerprint density at radius 3 is 0.927 bits per heavy atom. The third-order valence-corrected chi connectivity index (χ3v) is 26.8. The number of hydrogen-bond acceptors (Lipinski definition) is 6. The first-order valence-electron chi connectivity index (χ1n) is 41.5. The zero-order chi connectivity index (χ0) is 85.1. The first kappa shape index (κ1) is 96.7. The maximum atomic E-state index is 4.88. The molecule has 3 radical (unpaired) electrons. The summed E-state index contributed by atoms with van der Waals surface area (Å²) in [5.74, 6) is 0.574. The second-order valence-electron chi connectivity index (χ2n) is 33.5. The largest absolute Gasteiger partial charge is 0.305 e. The fraction of sp³-hybridized carbons (Fsp3) is 0.143. The van der Waals surface area contributed by atoms with E-state index < -0.39 is 24.2 Å². The van der Waals surface area contributed by atoms with Gasteiger partial charge in [-0.25, -0.2) is 0 Å². The van der Waals surface area contributed by atoms with Crippen LogP contribution in [0.5, 0.6) is 0 Å². The molecule has 0 atom stereocenters. The summed E-state index contributed by atoms with van der Waals surface area (Å²) in [5, 5.41) is 4.49. The van der Waals surface area contributed by atoms with Crippen LogP contribution in [0.4, 0.5) is 0 Å². The summed E-state index contributed by atoms with van der Waals surface area (Å²) in [4.78, 5) is 27.0. The molecular formula is C112H106Ir3N6Si3-6. The van der Waals surface area contributed by atoms with Crippen LogP contribution in [-0.2, 0) is 66.7 Å². The van der Waals surface area contributed by atoms with Gasteiger partial charge in [-0.3, -0.25) is 0 Å². The molecule has 0 bridgehead atoms. The Kier molecular flexibility index (Phi) is 36.8. The molecule has 0 saturated carbocycles. The van der Waals surface area contributed by atoms with Gasteiger partial charge in [0.05, 0.1) is 24.2 Å². The topological polar surface area (TPSA) is 77.3 Å². The van der Waals surface area contributed by atoms with Gasteiger partial charge in [-0.1, -0.05) is 270 Å². The number of pyridine rings is 6. The van der Waals surface area contributed by atoms with Gasteiger partial charge in [-0.05, 0) is 141 Å². The molecule has 0 fully saturated rings. The van der Waals surface area contributed by atoms with E-state index in [0.717, 1.165) is 74.0 Å². The van der Waals surface area contributed by atoms with Gasteiger partial charge in [0.1, 0.15) is 0 Å². The van der Waals surface area contributed by atoms with E-state index in [-0.39, 0.29) is 60.3 Å². The Morgan fingerprint density at radius 1 is 0.250 bits per heavy atom. The van der Waals surface area contributed by atoms with Crippen molar-refractivity contribution in [3.8, 4) is 123 Å². The van der Waals surface area contributed by atoms with Gasteiger partial charge in [0.15, 0.2) is 0 Å². The fourth-order valence-electron chi connectivity index (χ4n) is 14.0. The average molecular weight is 2200 g/mol. The molecule has 0 aliphatic heterocycles. The second kappa shape index (κ2) is 47.1. The van der Waals surface area contributed by atoms with Crippen molar-refractivity contribution in [2.75, 3.05) is 0 Å². The maximum absolute atomic E-state index is 4.88. The van der Waals surface area contributed by atoms with Crippen molar-refractivity contribution in [2.24, 2.45) is 5.92 Å². The Bertz CT molecular complexity index is 5730. The molecule has 0 aliphatic rings. The van der Waals surface area contributed by atoms with Gasteiger partial charge in [-0.15, -0.1) is 214 Å². The Hall–Kier alpha value is -11.1. The summed E-state index contributed by atoms with van der Waals surface area (Å²) in [6.45, 7) is 32.6. The molecule has 12 heteroatoms. The van der Waals surface area contributed by atoms with E-state index >= 15 is 0 Å². The summed E-state index contributed by atoms with van der Waals surface area (Å²) in [6, 6.07) is 134. The zero-order valence-corrected chi connectivity index (χ0v) is 83.4. The molecule has 11 aromatic carbocycles. The molecule has 629 valence electrons. The van der Waals surface area contributed by atoms with Crippen molar-refractivity contribution in [1.82, 2.24) is 29.9 Å². The van der Waals surface area contributed by atoms with Gasteiger partial charge in [0, 0.05) is 109 Å². The number of aryl methyl sites for hydroxylation is 3. The van der Waals surface area contributed by atoms with Crippen molar-refractivity contribution in [1.29, 1.82) is 0 Å². The number of benzene rings is 11. The quantitative estimate of drug-likeness (QED) is 0.0709. The molecule has 124 heavy (non-hydrogen) atoms. The normalized spacial score (nSPS) is 10.7. The fourth-order valence-corrected chi connectivity index (χ4v) is 17.6.